The number of fused-ring (bicyclic) bond motifs is 2. The first-order valence-corrected chi connectivity index (χ1v) is 8.49. The molecule has 5 nitrogen and oxygen atoms in total. The van der Waals surface area contributed by atoms with Crippen LogP contribution in [0, 0.1) is 5.92 Å². The summed E-state index contributed by atoms with van der Waals surface area (Å²) in [6.07, 6.45) is 2.50. The van der Waals surface area contributed by atoms with E-state index in [2.05, 4.69) is 5.32 Å². The van der Waals surface area contributed by atoms with E-state index in [0.29, 0.717) is 19.4 Å². The van der Waals surface area contributed by atoms with Crippen molar-refractivity contribution < 1.29 is 17.9 Å². The monoisotopic (exact) mass is 289 g/mol. The Hall–Kier alpha value is -0.780. The molecule has 2 unspecified atom stereocenters. The number of amides is 1. The van der Waals surface area contributed by atoms with Gasteiger partial charge in [-0.1, -0.05) is 0 Å². The van der Waals surface area contributed by atoms with Crippen LogP contribution in [-0.4, -0.2) is 37.2 Å². The number of hydrogen-bond donors (Lipinski definition) is 1. The van der Waals surface area contributed by atoms with Crippen molar-refractivity contribution in [2.45, 2.75) is 62.6 Å². The van der Waals surface area contributed by atoms with Crippen LogP contribution in [0.1, 0.15) is 46.5 Å². The summed E-state index contributed by atoms with van der Waals surface area (Å²) >= 11 is 0. The number of nitrogens with one attached hydrogen (secondary N) is 1. The third kappa shape index (κ3) is 3.41. The second kappa shape index (κ2) is 4.96. The summed E-state index contributed by atoms with van der Waals surface area (Å²) in [5, 5.41) is 2.38. The largest absolute Gasteiger partial charge is 0.444 e. The van der Waals surface area contributed by atoms with Crippen molar-refractivity contribution >= 4 is 15.9 Å². The van der Waals surface area contributed by atoms with Crippen LogP contribution in [0.15, 0.2) is 0 Å². The van der Waals surface area contributed by atoms with Gasteiger partial charge in [0.15, 0.2) is 9.84 Å². The summed E-state index contributed by atoms with van der Waals surface area (Å²) in [6.45, 7) is 5.97. The van der Waals surface area contributed by atoms with Gasteiger partial charge in [-0.3, -0.25) is 0 Å². The fourth-order valence-electron chi connectivity index (χ4n) is 3.02. The van der Waals surface area contributed by atoms with Crippen LogP contribution in [0.2, 0.25) is 0 Å². The molecular weight excluding hydrogens is 266 g/mol. The molecule has 0 aromatic carbocycles. The molecule has 1 N–H and O–H groups in total. The molecule has 2 rings (SSSR count). The van der Waals surface area contributed by atoms with Crippen LogP contribution in [0.25, 0.3) is 0 Å². The Kier molecular flexibility index (Phi) is 3.82. The molecule has 0 aromatic rings. The minimum absolute atomic E-state index is 0.184. The van der Waals surface area contributed by atoms with Crippen molar-refractivity contribution in [1.82, 2.24) is 5.32 Å². The van der Waals surface area contributed by atoms with Gasteiger partial charge < -0.3 is 10.1 Å². The van der Waals surface area contributed by atoms with Crippen molar-refractivity contribution in [2.24, 2.45) is 5.92 Å². The number of carbonyl (C=O) groups is 1. The minimum Gasteiger partial charge on any atom is -0.444 e. The van der Waals surface area contributed by atoms with Gasteiger partial charge in [0.05, 0.1) is 10.5 Å². The van der Waals surface area contributed by atoms with Crippen molar-refractivity contribution in [3.8, 4) is 0 Å². The zero-order valence-electron chi connectivity index (χ0n) is 11.8. The standard InChI is InChI=1S/C13H23NO4S/c1-13(2,3)18-12(15)14-8-9-6-10-4-5-11(7-9)19(10,16)17/h9-11H,4-8H2,1-3H3,(H,14,15). The Bertz CT molecular complexity index is 432. The molecule has 0 saturated carbocycles. The highest BCUT2D eigenvalue weighted by Crippen LogP contribution is 2.40. The van der Waals surface area contributed by atoms with Gasteiger partial charge in [-0.05, 0) is 52.4 Å². The van der Waals surface area contributed by atoms with E-state index in [-0.39, 0.29) is 16.4 Å². The Balaban J connectivity index is 1.82. The molecular formula is C13H23NO4S. The van der Waals surface area contributed by atoms with Crippen LogP contribution in [0.4, 0.5) is 4.79 Å². The number of hydrogen-bond acceptors (Lipinski definition) is 4. The predicted octanol–water partition coefficient (Wildman–Crippen LogP) is 1.87. The van der Waals surface area contributed by atoms with Crippen LogP contribution >= 0.6 is 0 Å². The Morgan fingerprint density at radius 1 is 1.21 bits per heavy atom. The number of sulfone groups is 1. The normalized spacial score (nSPS) is 32.9. The maximum absolute atomic E-state index is 11.9. The van der Waals surface area contributed by atoms with Gasteiger partial charge in [0.2, 0.25) is 0 Å². The summed E-state index contributed by atoms with van der Waals surface area (Å²) < 4.78 is 29.0. The molecule has 0 spiro atoms. The van der Waals surface area contributed by atoms with E-state index in [1.807, 2.05) is 20.8 Å². The van der Waals surface area contributed by atoms with E-state index in [9.17, 15) is 13.2 Å². The molecule has 6 heteroatoms. The van der Waals surface area contributed by atoms with Gasteiger partial charge in [-0.15, -0.1) is 0 Å². The Morgan fingerprint density at radius 2 is 1.74 bits per heavy atom. The molecule has 0 aromatic heterocycles. The lowest BCUT2D eigenvalue weighted by atomic mass is 9.99. The van der Waals surface area contributed by atoms with E-state index < -0.39 is 21.5 Å². The van der Waals surface area contributed by atoms with Gasteiger partial charge in [0.25, 0.3) is 0 Å². The topological polar surface area (TPSA) is 72.5 Å². The summed E-state index contributed by atoms with van der Waals surface area (Å²) in [6, 6.07) is 0. The average molecular weight is 289 g/mol. The van der Waals surface area contributed by atoms with Crippen LogP contribution in [0.5, 0.6) is 0 Å². The maximum Gasteiger partial charge on any atom is 0.407 e. The lowest BCUT2D eigenvalue weighted by Crippen LogP contribution is -2.40. The highest BCUT2D eigenvalue weighted by atomic mass is 32.2. The number of carbonyl (C=O) groups excluding carboxylic acids is 1. The summed E-state index contributed by atoms with van der Waals surface area (Å²) in [5.41, 5.74) is -0.501. The first-order valence-electron chi connectivity index (χ1n) is 6.88. The minimum atomic E-state index is -2.87. The highest BCUT2D eigenvalue weighted by molar-refractivity contribution is 7.93. The number of alkyl carbamates (subject to hydrolysis) is 1. The lowest BCUT2D eigenvalue weighted by Gasteiger charge is -2.28. The van der Waals surface area contributed by atoms with E-state index in [4.69, 9.17) is 4.74 Å². The summed E-state index contributed by atoms with van der Waals surface area (Å²) in [4.78, 5) is 11.6. The third-order valence-corrected chi connectivity index (χ3v) is 6.58. The third-order valence-electron chi connectivity index (χ3n) is 3.87. The fourth-order valence-corrected chi connectivity index (χ4v) is 5.58. The van der Waals surface area contributed by atoms with Crippen LogP contribution in [0.3, 0.4) is 0 Å². The van der Waals surface area contributed by atoms with E-state index in [1.54, 1.807) is 0 Å². The quantitative estimate of drug-likeness (QED) is 0.842. The van der Waals surface area contributed by atoms with Crippen LogP contribution in [-0.2, 0) is 14.6 Å². The molecule has 2 aliphatic rings. The SMILES string of the molecule is CC(C)(C)OC(=O)NCC1CC2CCC(C1)S2(=O)=O. The van der Waals surface area contributed by atoms with Gasteiger partial charge in [-0.2, -0.15) is 0 Å². The highest BCUT2D eigenvalue weighted by Gasteiger charge is 2.46. The van der Waals surface area contributed by atoms with E-state index in [0.717, 1.165) is 12.8 Å². The number of ether oxygens (including phenoxy) is 1. The zero-order valence-corrected chi connectivity index (χ0v) is 12.6. The maximum atomic E-state index is 11.9. The molecule has 110 valence electrons. The summed E-state index contributed by atoms with van der Waals surface area (Å²) in [5.74, 6) is 0.258. The molecule has 2 bridgehead atoms. The first kappa shape index (κ1) is 14.6. The molecule has 1 amide bonds. The van der Waals surface area contributed by atoms with E-state index in [1.165, 1.54) is 0 Å². The fraction of sp³-hybridized carbons (Fsp3) is 0.923. The van der Waals surface area contributed by atoms with Gasteiger partial charge in [0.1, 0.15) is 5.60 Å². The van der Waals surface area contributed by atoms with Crippen molar-refractivity contribution in [3.63, 3.8) is 0 Å². The smallest absolute Gasteiger partial charge is 0.407 e. The zero-order chi connectivity index (χ0) is 14.3. The molecule has 2 atom stereocenters. The van der Waals surface area contributed by atoms with Crippen molar-refractivity contribution in [1.29, 1.82) is 0 Å². The first-order chi connectivity index (χ1) is 8.68. The molecule has 2 aliphatic heterocycles. The van der Waals surface area contributed by atoms with Crippen molar-refractivity contribution in [3.05, 3.63) is 0 Å². The van der Waals surface area contributed by atoms with Crippen LogP contribution < -0.4 is 5.32 Å². The Labute approximate surface area is 115 Å². The van der Waals surface area contributed by atoms with Crippen molar-refractivity contribution in [2.75, 3.05) is 6.54 Å². The predicted molar refractivity (Wildman–Crippen MR) is 72.7 cm³/mol. The second-order valence-corrected chi connectivity index (χ2v) is 9.14. The Morgan fingerprint density at radius 3 is 2.21 bits per heavy atom. The lowest BCUT2D eigenvalue weighted by molar-refractivity contribution is 0.0517. The molecule has 2 saturated heterocycles. The molecule has 2 fully saturated rings. The van der Waals surface area contributed by atoms with Gasteiger partial charge in [0, 0.05) is 6.54 Å². The summed E-state index contributed by atoms with van der Waals surface area (Å²) in [7, 11) is -2.87. The van der Waals surface area contributed by atoms with E-state index >= 15 is 0 Å². The molecule has 0 radical (unpaired) electrons. The number of rotatable bonds is 2. The molecule has 0 aliphatic carbocycles. The van der Waals surface area contributed by atoms with Gasteiger partial charge in [-0.25, -0.2) is 13.2 Å². The molecule has 2 heterocycles. The van der Waals surface area contributed by atoms with Gasteiger partial charge >= 0.3 is 6.09 Å². The second-order valence-electron chi connectivity index (χ2n) is 6.63. The average Bonchev–Trinajstić information content (AvgIpc) is 2.47. The molecule has 19 heavy (non-hydrogen) atoms.